The zero-order valence-corrected chi connectivity index (χ0v) is 10.9. The lowest BCUT2D eigenvalue weighted by Gasteiger charge is -2.44. The standard InChI is InChI=1S/C14H21N3O/c1-14(11-15)6-2-3-9-17(14)13(18)10-12-4-7-16-8-5-12/h4-5,7-8H,2-3,6,9-11,15H2,1H3. The van der Waals surface area contributed by atoms with Gasteiger partial charge in [-0.3, -0.25) is 9.78 Å². The molecule has 1 aromatic heterocycles. The molecule has 0 radical (unpaired) electrons. The molecule has 1 fully saturated rings. The number of nitrogens with two attached hydrogens (primary N) is 1. The van der Waals surface area contributed by atoms with Gasteiger partial charge >= 0.3 is 0 Å². The molecule has 4 heteroatoms. The first-order chi connectivity index (χ1) is 8.65. The van der Waals surface area contributed by atoms with Crippen molar-refractivity contribution in [3.63, 3.8) is 0 Å². The van der Waals surface area contributed by atoms with Crippen LogP contribution in [0.3, 0.4) is 0 Å². The largest absolute Gasteiger partial charge is 0.336 e. The second-order valence-electron chi connectivity index (χ2n) is 5.24. The van der Waals surface area contributed by atoms with Crippen LogP contribution in [-0.4, -0.2) is 34.4 Å². The first-order valence-corrected chi connectivity index (χ1v) is 6.55. The van der Waals surface area contributed by atoms with Crippen molar-refractivity contribution in [2.75, 3.05) is 13.1 Å². The molecule has 1 atom stereocenters. The van der Waals surface area contributed by atoms with Gasteiger partial charge in [-0.25, -0.2) is 0 Å². The van der Waals surface area contributed by atoms with E-state index in [4.69, 9.17) is 5.73 Å². The lowest BCUT2D eigenvalue weighted by molar-refractivity contribution is -0.138. The van der Waals surface area contributed by atoms with Gasteiger partial charge in [0.1, 0.15) is 0 Å². The molecule has 0 aromatic carbocycles. The Kier molecular flexibility index (Phi) is 3.97. The van der Waals surface area contributed by atoms with Gasteiger partial charge in [-0.1, -0.05) is 0 Å². The van der Waals surface area contributed by atoms with Gasteiger partial charge < -0.3 is 10.6 Å². The van der Waals surface area contributed by atoms with E-state index in [9.17, 15) is 4.79 Å². The van der Waals surface area contributed by atoms with Crippen molar-refractivity contribution in [1.82, 2.24) is 9.88 Å². The second kappa shape index (κ2) is 5.48. The van der Waals surface area contributed by atoms with Crippen LogP contribution in [0.1, 0.15) is 31.7 Å². The Morgan fingerprint density at radius 1 is 1.44 bits per heavy atom. The summed E-state index contributed by atoms with van der Waals surface area (Å²) in [6.45, 7) is 3.46. The number of rotatable bonds is 3. The molecular formula is C14H21N3O. The van der Waals surface area contributed by atoms with Crippen LogP contribution in [0.15, 0.2) is 24.5 Å². The van der Waals surface area contributed by atoms with Crippen LogP contribution in [0.25, 0.3) is 0 Å². The fourth-order valence-corrected chi connectivity index (χ4v) is 2.59. The average molecular weight is 247 g/mol. The summed E-state index contributed by atoms with van der Waals surface area (Å²) in [5.41, 5.74) is 6.70. The first kappa shape index (κ1) is 13.0. The molecule has 0 spiro atoms. The minimum Gasteiger partial charge on any atom is -0.336 e. The summed E-state index contributed by atoms with van der Waals surface area (Å²) in [7, 11) is 0. The van der Waals surface area contributed by atoms with E-state index in [1.165, 1.54) is 0 Å². The minimum atomic E-state index is -0.164. The van der Waals surface area contributed by atoms with Crippen molar-refractivity contribution < 1.29 is 4.79 Å². The van der Waals surface area contributed by atoms with Crippen LogP contribution in [0.5, 0.6) is 0 Å². The molecule has 2 heterocycles. The van der Waals surface area contributed by atoms with Gasteiger partial charge in [0.25, 0.3) is 0 Å². The summed E-state index contributed by atoms with van der Waals surface area (Å²) in [5, 5.41) is 0. The summed E-state index contributed by atoms with van der Waals surface area (Å²) >= 11 is 0. The highest BCUT2D eigenvalue weighted by Gasteiger charge is 2.35. The summed E-state index contributed by atoms with van der Waals surface area (Å²) in [4.78, 5) is 18.3. The number of hydrogen-bond donors (Lipinski definition) is 1. The lowest BCUT2D eigenvalue weighted by Crippen LogP contribution is -2.57. The van der Waals surface area contributed by atoms with Crippen molar-refractivity contribution >= 4 is 5.91 Å². The Morgan fingerprint density at radius 2 is 2.17 bits per heavy atom. The molecule has 98 valence electrons. The lowest BCUT2D eigenvalue weighted by atomic mass is 9.88. The number of piperidine rings is 1. The van der Waals surface area contributed by atoms with Crippen LogP contribution in [0, 0.1) is 0 Å². The van der Waals surface area contributed by atoms with Crippen LogP contribution in [0.2, 0.25) is 0 Å². The first-order valence-electron chi connectivity index (χ1n) is 6.55. The van der Waals surface area contributed by atoms with Gasteiger partial charge in [-0.05, 0) is 43.9 Å². The van der Waals surface area contributed by atoms with E-state index in [1.54, 1.807) is 12.4 Å². The molecule has 2 rings (SSSR count). The van der Waals surface area contributed by atoms with E-state index >= 15 is 0 Å². The zero-order valence-electron chi connectivity index (χ0n) is 10.9. The number of likely N-dealkylation sites (tertiary alicyclic amines) is 1. The van der Waals surface area contributed by atoms with Crippen LogP contribution < -0.4 is 5.73 Å². The van der Waals surface area contributed by atoms with E-state index in [2.05, 4.69) is 11.9 Å². The van der Waals surface area contributed by atoms with Gasteiger partial charge in [0.15, 0.2) is 0 Å². The van der Waals surface area contributed by atoms with Crippen LogP contribution >= 0.6 is 0 Å². The van der Waals surface area contributed by atoms with Crippen molar-refractivity contribution in [2.24, 2.45) is 5.73 Å². The summed E-state index contributed by atoms with van der Waals surface area (Å²) in [6.07, 6.45) is 7.13. The molecule has 18 heavy (non-hydrogen) atoms. The van der Waals surface area contributed by atoms with Gasteiger partial charge in [0.05, 0.1) is 12.0 Å². The van der Waals surface area contributed by atoms with Crippen LogP contribution in [0.4, 0.5) is 0 Å². The third-order valence-corrected chi connectivity index (χ3v) is 3.84. The fraction of sp³-hybridized carbons (Fsp3) is 0.571. The molecule has 1 aliphatic heterocycles. The molecule has 0 aliphatic carbocycles. The molecule has 4 nitrogen and oxygen atoms in total. The number of carbonyl (C=O) groups excluding carboxylic acids is 1. The number of aromatic nitrogens is 1. The van der Waals surface area contributed by atoms with Crippen molar-refractivity contribution in [2.45, 2.75) is 38.1 Å². The maximum atomic E-state index is 12.4. The minimum absolute atomic E-state index is 0.164. The van der Waals surface area contributed by atoms with Crippen LogP contribution in [-0.2, 0) is 11.2 Å². The number of carbonyl (C=O) groups is 1. The number of hydrogen-bond acceptors (Lipinski definition) is 3. The maximum Gasteiger partial charge on any atom is 0.227 e. The Bertz CT molecular complexity index is 407. The molecule has 1 saturated heterocycles. The van der Waals surface area contributed by atoms with E-state index in [0.29, 0.717) is 13.0 Å². The highest BCUT2D eigenvalue weighted by Crippen LogP contribution is 2.27. The fourth-order valence-electron chi connectivity index (χ4n) is 2.59. The number of nitrogens with zero attached hydrogens (tertiary/aromatic N) is 2. The Morgan fingerprint density at radius 3 is 2.83 bits per heavy atom. The highest BCUT2D eigenvalue weighted by atomic mass is 16.2. The number of amides is 1. The number of pyridine rings is 1. The van der Waals surface area contributed by atoms with Gasteiger partial charge in [-0.15, -0.1) is 0 Å². The van der Waals surface area contributed by atoms with E-state index in [-0.39, 0.29) is 11.4 Å². The normalized spacial score (nSPS) is 24.0. The van der Waals surface area contributed by atoms with E-state index in [0.717, 1.165) is 31.4 Å². The summed E-state index contributed by atoms with van der Waals surface area (Å²) < 4.78 is 0. The molecule has 1 aromatic rings. The van der Waals surface area contributed by atoms with Crippen molar-refractivity contribution in [1.29, 1.82) is 0 Å². The van der Waals surface area contributed by atoms with Gasteiger partial charge in [0.2, 0.25) is 5.91 Å². The van der Waals surface area contributed by atoms with Crippen molar-refractivity contribution in [3.8, 4) is 0 Å². The summed E-state index contributed by atoms with van der Waals surface area (Å²) in [5.74, 6) is 0.175. The predicted molar refractivity (Wildman–Crippen MR) is 71.0 cm³/mol. The molecule has 1 amide bonds. The Hall–Kier alpha value is -1.42. The topological polar surface area (TPSA) is 59.2 Å². The maximum absolute atomic E-state index is 12.4. The molecule has 1 unspecified atom stereocenters. The highest BCUT2D eigenvalue weighted by molar-refractivity contribution is 5.79. The van der Waals surface area contributed by atoms with Gasteiger partial charge in [0, 0.05) is 25.5 Å². The van der Waals surface area contributed by atoms with Crippen molar-refractivity contribution in [3.05, 3.63) is 30.1 Å². The Balaban J connectivity index is 2.08. The smallest absolute Gasteiger partial charge is 0.227 e. The SMILES string of the molecule is CC1(CN)CCCCN1C(=O)Cc1ccncc1. The quantitative estimate of drug-likeness (QED) is 0.877. The Labute approximate surface area is 108 Å². The third-order valence-electron chi connectivity index (χ3n) is 3.84. The van der Waals surface area contributed by atoms with E-state index in [1.807, 2.05) is 17.0 Å². The third kappa shape index (κ3) is 2.70. The molecule has 0 bridgehead atoms. The monoisotopic (exact) mass is 247 g/mol. The van der Waals surface area contributed by atoms with Gasteiger partial charge in [-0.2, -0.15) is 0 Å². The zero-order chi connectivity index (χ0) is 13.0. The molecule has 1 aliphatic rings. The van der Waals surface area contributed by atoms with E-state index < -0.39 is 0 Å². The molecule has 0 saturated carbocycles. The second-order valence-corrected chi connectivity index (χ2v) is 5.24. The predicted octanol–water partition coefficient (Wildman–Crippen LogP) is 1.35. The average Bonchev–Trinajstić information content (AvgIpc) is 2.40. The summed E-state index contributed by atoms with van der Waals surface area (Å²) in [6, 6.07) is 3.78. The molecule has 2 N–H and O–H groups in total. The molecular weight excluding hydrogens is 226 g/mol.